The van der Waals surface area contributed by atoms with Gasteiger partial charge in [0.1, 0.15) is 0 Å². The number of nitrogens with zero attached hydrogens (tertiary/aromatic N) is 2. The summed E-state index contributed by atoms with van der Waals surface area (Å²) in [5.74, 6) is 0.604. The largest absolute Gasteiger partial charge is 0.344 e. The van der Waals surface area contributed by atoms with Gasteiger partial charge in [-0.15, -0.1) is 24.8 Å². The molecule has 1 saturated heterocycles. The standard InChI is InChI=1S/C16H33N3O.2ClH/c1-13(2)14(19-9-7-6-8-10-19)15(20)18(5)12-16(3,4)11-17;;/h13-14H,6-12,17H2,1-5H3;2*1H. The summed E-state index contributed by atoms with van der Waals surface area (Å²) in [5, 5.41) is 0. The van der Waals surface area contributed by atoms with Gasteiger partial charge in [-0.1, -0.05) is 34.1 Å². The zero-order valence-corrected chi connectivity index (χ0v) is 16.4. The van der Waals surface area contributed by atoms with Crippen LogP contribution in [0.4, 0.5) is 0 Å². The van der Waals surface area contributed by atoms with Gasteiger partial charge in [-0.2, -0.15) is 0 Å². The Labute approximate surface area is 149 Å². The Morgan fingerprint density at radius 1 is 1.18 bits per heavy atom. The molecule has 0 radical (unpaired) electrons. The third-order valence-corrected chi connectivity index (χ3v) is 4.26. The Hall–Kier alpha value is -0.0300. The lowest BCUT2D eigenvalue weighted by molar-refractivity contribution is -0.139. The Kier molecular flexibility index (Phi) is 11.8. The number of amides is 1. The van der Waals surface area contributed by atoms with Crippen molar-refractivity contribution >= 4 is 30.7 Å². The summed E-state index contributed by atoms with van der Waals surface area (Å²) < 4.78 is 0. The number of likely N-dealkylation sites (tertiary alicyclic amines) is 1. The van der Waals surface area contributed by atoms with Crippen molar-refractivity contribution in [3.05, 3.63) is 0 Å². The number of hydrogen-bond donors (Lipinski definition) is 1. The summed E-state index contributed by atoms with van der Waals surface area (Å²) in [6, 6.07) is 0.0221. The minimum atomic E-state index is -0.0200. The molecule has 1 amide bonds. The molecule has 1 aliphatic rings. The van der Waals surface area contributed by atoms with Crippen molar-refractivity contribution in [2.45, 2.75) is 53.0 Å². The first-order chi connectivity index (χ1) is 9.28. The number of hydrogen-bond acceptors (Lipinski definition) is 3. The predicted molar refractivity (Wildman–Crippen MR) is 99.0 cm³/mol. The van der Waals surface area contributed by atoms with Gasteiger partial charge in [0.05, 0.1) is 6.04 Å². The second-order valence-corrected chi connectivity index (χ2v) is 7.35. The van der Waals surface area contributed by atoms with Gasteiger partial charge in [0.15, 0.2) is 0 Å². The third kappa shape index (κ3) is 7.03. The van der Waals surface area contributed by atoms with E-state index in [0.29, 0.717) is 12.5 Å². The molecule has 0 saturated carbocycles. The molecule has 4 nitrogen and oxygen atoms in total. The molecule has 0 aliphatic carbocycles. The van der Waals surface area contributed by atoms with Crippen LogP contribution in [0.3, 0.4) is 0 Å². The maximum Gasteiger partial charge on any atom is 0.239 e. The third-order valence-electron chi connectivity index (χ3n) is 4.26. The average Bonchev–Trinajstić information content (AvgIpc) is 2.39. The minimum absolute atomic E-state index is 0. The molecule has 1 fully saturated rings. The molecule has 6 heteroatoms. The van der Waals surface area contributed by atoms with E-state index in [2.05, 4.69) is 32.6 Å². The number of carbonyl (C=O) groups is 1. The molecule has 0 aromatic rings. The molecular formula is C16H35Cl2N3O. The van der Waals surface area contributed by atoms with Crippen LogP contribution < -0.4 is 5.73 Å². The maximum atomic E-state index is 12.8. The molecule has 0 aromatic carbocycles. The van der Waals surface area contributed by atoms with Crippen LogP contribution in [0.25, 0.3) is 0 Å². The summed E-state index contributed by atoms with van der Waals surface area (Å²) in [4.78, 5) is 17.1. The van der Waals surface area contributed by atoms with Gasteiger partial charge in [-0.3, -0.25) is 9.69 Å². The number of likely N-dealkylation sites (N-methyl/N-ethyl adjacent to an activating group) is 1. The summed E-state index contributed by atoms with van der Waals surface area (Å²) in [6.45, 7) is 12.0. The first kappa shape index (κ1) is 24.2. The lowest BCUT2D eigenvalue weighted by Crippen LogP contribution is -2.53. The molecule has 1 heterocycles. The Balaban J connectivity index is 0. The van der Waals surface area contributed by atoms with Gasteiger partial charge in [0, 0.05) is 13.6 Å². The summed E-state index contributed by atoms with van der Waals surface area (Å²) >= 11 is 0. The number of carbonyl (C=O) groups excluding carboxylic acids is 1. The van der Waals surface area contributed by atoms with E-state index < -0.39 is 0 Å². The topological polar surface area (TPSA) is 49.6 Å². The molecule has 1 unspecified atom stereocenters. The Morgan fingerprint density at radius 2 is 1.68 bits per heavy atom. The minimum Gasteiger partial charge on any atom is -0.344 e. The summed E-state index contributed by atoms with van der Waals surface area (Å²) in [5.41, 5.74) is 5.77. The van der Waals surface area contributed by atoms with Crippen LogP contribution in [0, 0.1) is 11.3 Å². The van der Waals surface area contributed by atoms with E-state index in [9.17, 15) is 4.79 Å². The van der Waals surface area contributed by atoms with Crippen LogP contribution in [-0.2, 0) is 4.79 Å². The lowest BCUT2D eigenvalue weighted by Gasteiger charge is -2.39. The number of halogens is 2. The monoisotopic (exact) mass is 355 g/mol. The first-order valence-corrected chi connectivity index (χ1v) is 7.97. The molecule has 1 rings (SSSR count). The van der Waals surface area contributed by atoms with Crippen LogP contribution >= 0.6 is 24.8 Å². The highest BCUT2D eigenvalue weighted by Crippen LogP contribution is 2.21. The van der Waals surface area contributed by atoms with Crippen molar-refractivity contribution < 1.29 is 4.79 Å². The summed E-state index contributed by atoms with van der Waals surface area (Å²) in [6.07, 6.45) is 3.73. The van der Waals surface area contributed by atoms with Gasteiger partial charge in [-0.05, 0) is 43.8 Å². The fourth-order valence-electron chi connectivity index (χ4n) is 3.07. The fraction of sp³-hybridized carbons (Fsp3) is 0.938. The molecule has 2 N–H and O–H groups in total. The molecule has 22 heavy (non-hydrogen) atoms. The van der Waals surface area contributed by atoms with Crippen LogP contribution in [0.2, 0.25) is 0 Å². The maximum absolute atomic E-state index is 12.8. The zero-order valence-electron chi connectivity index (χ0n) is 14.8. The molecule has 0 aromatic heterocycles. The smallest absolute Gasteiger partial charge is 0.239 e. The second kappa shape index (κ2) is 10.7. The van der Waals surface area contributed by atoms with Gasteiger partial charge in [0.2, 0.25) is 5.91 Å². The highest BCUT2D eigenvalue weighted by molar-refractivity contribution is 5.85. The summed E-state index contributed by atoms with van der Waals surface area (Å²) in [7, 11) is 1.92. The zero-order chi connectivity index (χ0) is 15.3. The second-order valence-electron chi connectivity index (χ2n) is 7.35. The van der Waals surface area contributed by atoms with Crippen molar-refractivity contribution in [2.24, 2.45) is 17.1 Å². The SMILES string of the molecule is CC(C)C(C(=O)N(C)CC(C)(C)CN)N1CCCCC1.Cl.Cl. The number of nitrogens with two attached hydrogens (primary N) is 1. The molecule has 1 atom stereocenters. The Bertz CT molecular complexity index is 319. The lowest BCUT2D eigenvalue weighted by atomic mass is 9.92. The van der Waals surface area contributed by atoms with Gasteiger partial charge in [0.25, 0.3) is 0 Å². The van der Waals surface area contributed by atoms with E-state index in [1.54, 1.807) is 0 Å². The molecule has 1 aliphatic heterocycles. The highest BCUT2D eigenvalue weighted by Gasteiger charge is 2.33. The van der Waals surface area contributed by atoms with E-state index in [4.69, 9.17) is 5.73 Å². The fourth-order valence-corrected chi connectivity index (χ4v) is 3.07. The van der Waals surface area contributed by atoms with Crippen LogP contribution in [-0.4, -0.2) is 55.0 Å². The van der Waals surface area contributed by atoms with E-state index in [1.807, 2.05) is 11.9 Å². The van der Waals surface area contributed by atoms with Gasteiger partial charge >= 0.3 is 0 Å². The van der Waals surface area contributed by atoms with Crippen molar-refractivity contribution in [3.8, 4) is 0 Å². The van der Waals surface area contributed by atoms with E-state index in [-0.39, 0.29) is 42.2 Å². The van der Waals surface area contributed by atoms with Crippen molar-refractivity contribution in [2.75, 3.05) is 33.2 Å². The highest BCUT2D eigenvalue weighted by atomic mass is 35.5. The molecule has 0 bridgehead atoms. The van der Waals surface area contributed by atoms with Crippen molar-refractivity contribution in [1.82, 2.24) is 9.80 Å². The van der Waals surface area contributed by atoms with Crippen molar-refractivity contribution in [3.63, 3.8) is 0 Å². The van der Waals surface area contributed by atoms with Crippen LogP contribution in [0.15, 0.2) is 0 Å². The molecular weight excluding hydrogens is 321 g/mol. The van der Waals surface area contributed by atoms with Crippen LogP contribution in [0.1, 0.15) is 47.0 Å². The van der Waals surface area contributed by atoms with E-state index in [0.717, 1.165) is 19.6 Å². The average molecular weight is 356 g/mol. The quantitative estimate of drug-likeness (QED) is 0.796. The van der Waals surface area contributed by atoms with E-state index in [1.165, 1.54) is 19.3 Å². The van der Waals surface area contributed by atoms with Crippen molar-refractivity contribution in [1.29, 1.82) is 0 Å². The van der Waals surface area contributed by atoms with Gasteiger partial charge in [-0.25, -0.2) is 0 Å². The van der Waals surface area contributed by atoms with Crippen LogP contribution in [0.5, 0.6) is 0 Å². The Morgan fingerprint density at radius 3 is 2.09 bits per heavy atom. The molecule has 0 spiro atoms. The normalized spacial score (nSPS) is 17.4. The molecule has 134 valence electrons. The number of rotatable bonds is 6. The predicted octanol–water partition coefficient (Wildman–Crippen LogP) is 2.78. The van der Waals surface area contributed by atoms with Gasteiger partial charge < -0.3 is 10.6 Å². The van der Waals surface area contributed by atoms with E-state index >= 15 is 0 Å². The number of piperidine rings is 1. The first-order valence-electron chi connectivity index (χ1n) is 7.97.